The standard InChI is InChI=1S/C55H92NO8P/c1-3-5-7-9-11-13-15-17-19-21-23-25-26-28-29-31-33-35-37-39-41-43-45-47-54(58)56-49-50-63-65(60,61)64-52-53(57)51-62-55(59)48-46-44-42-40-38-36-34-32-30-27-24-22-20-18-16-14-12-10-8-6-4-2/h6,8,11-14,17-20,23-25,27,32,34,38,40,53,57H,3-5,7,9-10,15-16,21-22,26,28-31,33,35-37,39,41-52H2,1-2H3,(H,56,58)(H,60,61)/b8-6-,13-11-,14-12-,19-17-,20-18-,25-23-,27-24-,34-32-,40-38-. The van der Waals surface area contributed by atoms with E-state index in [2.05, 4.69) is 129 Å². The zero-order valence-electron chi connectivity index (χ0n) is 40.9. The van der Waals surface area contributed by atoms with Crippen molar-refractivity contribution in [1.82, 2.24) is 5.32 Å². The number of aliphatic hydroxyl groups excluding tert-OH is 1. The van der Waals surface area contributed by atoms with Crippen LogP contribution in [0.4, 0.5) is 0 Å². The number of unbranched alkanes of at least 4 members (excludes halogenated alkanes) is 15. The van der Waals surface area contributed by atoms with Crippen LogP contribution < -0.4 is 5.32 Å². The number of phosphoric acid groups is 1. The van der Waals surface area contributed by atoms with Gasteiger partial charge < -0.3 is 20.1 Å². The Labute approximate surface area is 397 Å². The van der Waals surface area contributed by atoms with Crippen molar-refractivity contribution in [2.45, 2.75) is 200 Å². The van der Waals surface area contributed by atoms with Gasteiger partial charge in [-0.25, -0.2) is 4.57 Å². The van der Waals surface area contributed by atoms with Crippen LogP contribution in [0.5, 0.6) is 0 Å². The van der Waals surface area contributed by atoms with E-state index >= 15 is 0 Å². The molecular formula is C55H92NO8P. The summed E-state index contributed by atoms with van der Waals surface area (Å²) in [5.74, 6) is -0.571. The van der Waals surface area contributed by atoms with E-state index in [1.165, 1.54) is 77.0 Å². The number of esters is 1. The topological polar surface area (TPSA) is 131 Å². The molecule has 0 saturated carbocycles. The van der Waals surface area contributed by atoms with Crippen molar-refractivity contribution < 1.29 is 37.9 Å². The lowest BCUT2D eigenvalue weighted by atomic mass is 10.0. The molecule has 2 unspecified atom stereocenters. The van der Waals surface area contributed by atoms with Crippen LogP contribution in [0.3, 0.4) is 0 Å². The first-order valence-corrected chi connectivity index (χ1v) is 26.9. The number of nitrogens with one attached hydrogen (secondary N) is 1. The number of hydrogen-bond donors (Lipinski definition) is 3. The lowest BCUT2D eigenvalue weighted by Crippen LogP contribution is -2.27. The van der Waals surface area contributed by atoms with Crippen molar-refractivity contribution in [3.05, 3.63) is 109 Å². The van der Waals surface area contributed by atoms with E-state index < -0.39 is 26.5 Å². The first kappa shape index (κ1) is 61.7. The van der Waals surface area contributed by atoms with Gasteiger partial charge in [0.2, 0.25) is 5.91 Å². The van der Waals surface area contributed by atoms with Gasteiger partial charge in [-0.05, 0) is 103 Å². The number of amides is 1. The molecule has 10 heteroatoms. The Morgan fingerprint density at radius 3 is 1.34 bits per heavy atom. The van der Waals surface area contributed by atoms with E-state index in [-0.39, 0.29) is 32.1 Å². The summed E-state index contributed by atoms with van der Waals surface area (Å²) in [6.07, 6.45) is 67.4. The third-order valence-corrected chi connectivity index (χ3v) is 11.2. The SMILES string of the molecule is CC/C=C\C/C=C\C/C=C\C/C=C\C/C=C\C/C=C\CCCCC(=O)OCC(O)COP(=O)(O)OCCNC(=O)CCCCCCCCCCCC/C=C\C/C=C\C/C=C\CCCCC. The average molecular weight is 926 g/mol. The molecule has 3 N–H and O–H groups in total. The van der Waals surface area contributed by atoms with E-state index in [1.54, 1.807) is 0 Å². The molecule has 0 aromatic heterocycles. The minimum Gasteiger partial charge on any atom is -0.463 e. The highest BCUT2D eigenvalue weighted by Crippen LogP contribution is 2.42. The summed E-state index contributed by atoms with van der Waals surface area (Å²) in [4.78, 5) is 34.1. The number of hydrogen-bond acceptors (Lipinski definition) is 7. The maximum Gasteiger partial charge on any atom is 0.472 e. The van der Waals surface area contributed by atoms with E-state index in [0.717, 1.165) is 83.5 Å². The minimum atomic E-state index is -4.44. The monoisotopic (exact) mass is 926 g/mol. The highest BCUT2D eigenvalue weighted by Gasteiger charge is 2.23. The molecule has 9 nitrogen and oxygen atoms in total. The van der Waals surface area contributed by atoms with Crippen molar-refractivity contribution in [3.8, 4) is 0 Å². The fourth-order valence-corrected chi connectivity index (χ4v) is 7.15. The van der Waals surface area contributed by atoms with Gasteiger partial charge in [-0.1, -0.05) is 187 Å². The molecule has 0 aliphatic carbocycles. The second kappa shape index (κ2) is 50.1. The van der Waals surface area contributed by atoms with Crippen LogP contribution in [0.15, 0.2) is 109 Å². The van der Waals surface area contributed by atoms with Gasteiger partial charge in [-0.2, -0.15) is 0 Å². The molecule has 370 valence electrons. The fourth-order valence-electron chi connectivity index (χ4n) is 6.39. The summed E-state index contributed by atoms with van der Waals surface area (Å²) >= 11 is 0. The van der Waals surface area contributed by atoms with Crippen molar-refractivity contribution in [3.63, 3.8) is 0 Å². The Bertz CT molecular complexity index is 1430. The number of ether oxygens (including phenoxy) is 1. The largest absolute Gasteiger partial charge is 0.472 e. The first-order chi connectivity index (χ1) is 31.8. The van der Waals surface area contributed by atoms with Crippen LogP contribution in [-0.4, -0.2) is 54.3 Å². The smallest absolute Gasteiger partial charge is 0.463 e. The molecule has 0 fully saturated rings. The Morgan fingerprint density at radius 1 is 0.492 bits per heavy atom. The molecular weight excluding hydrogens is 834 g/mol. The highest BCUT2D eigenvalue weighted by molar-refractivity contribution is 7.47. The Balaban J connectivity index is 3.66. The summed E-state index contributed by atoms with van der Waals surface area (Å²) in [6.45, 7) is 3.35. The molecule has 0 rings (SSSR count). The molecule has 0 heterocycles. The van der Waals surface area contributed by atoms with Gasteiger partial charge in [0.25, 0.3) is 0 Å². The van der Waals surface area contributed by atoms with Crippen molar-refractivity contribution in [1.29, 1.82) is 0 Å². The van der Waals surface area contributed by atoms with Crippen molar-refractivity contribution in [2.75, 3.05) is 26.4 Å². The number of allylic oxidation sites excluding steroid dienone is 18. The molecule has 0 bridgehead atoms. The predicted octanol–water partition coefficient (Wildman–Crippen LogP) is 15.1. The zero-order valence-corrected chi connectivity index (χ0v) is 41.8. The zero-order chi connectivity index (χ0) is 47.4. The Kier molecular flexibility index (Phi) is 47.5. The Hall–Kier alpha value is -3.33. The second-order valence-electron chi connectivity index (χ2n) is 16.4. The molecule has 0 radical (unpaired) electrons. The summed E-state index contributed by atoms with van der Waals surface area (Å²) in [5.41, 5.74) is 0. The molecule has 65 heavy (non-hydrogen) atoms. The maximum absolute atomic E-state index is 12.2. The van der Waals surface area contributed by atoms with Gasteiger partial charge in [0.15, 0.2) is 0 Å². The van der Waals surface area contributed by atoms with Gasteiger partial charge in [-0.15, -0.1) is 0 Å². The molecule has 0 aromatic carbocycles. The van der Waals surface area contributed by atoms with E-state index in [9.17, 15) is 24.2 Å². The molecule has 0 spiro atoms. The highest BCUT2D eigenvalue weighted by atomic mass is 31.2. The molecule has 0 aromatic rings. The number of phosphoric ester groups is 1. The van der Waals surface area contributed by atoms with Crippen molar-refractivity contribution >= 4 is 19.7 Å². The van der Waals surface area contributed by atoms with Crippen LogP contribution in [0.2, 0.25) is 0 Å². The molecule has 0 aliphatic heterocycles. The second-order valence-corrected chi connectivity index (χ2v) is 17.9. The average Bonchev–Trinajstić information content (AvgIpc) is 3.29. The molecule has 0 aliphatic rings. The molecule has 0 saturated heterocycles. The molecule has 2 atom stereocenters. The summed E-state index contributed by atoms with van der Waals surface area (Å²) < 4.78 is 26.9. The van der Waals surface area contributed by atoms with Gasteiger partial charge in [0.1, 0.15) is 12.7 Å². The number of rotatable bonds is 46. The fraction of sp³-hybridized carbons (Fsp3) is 0.636. The Morgan fingerprint density at radius 2 is 0.877 bits per heavy atom. The maximum atomic E-state index is 12.2. The number of aliphatic hydroxyl groups is 1. The summed E-state index contributed by atoms with van der Waals surface area (Å²) in [7, 11) is -4.44. The van der Waals surface area contributed by atoms with Crippen LogP contribution in [0, 0.1) is 0 Å². The number of carbonyl (C=O) groups is 2. The van der Waals surface area contributed by atoms with Gasteiger partial charge in [0.05, 0.1) is 13.2 Å². The quantitative estimate of drug-likeness (QED) is 0.0238. The summed E-state index contributed by atoms with van der Waals surface area (Å²) in [6, 6.07) is 0. The third-order valence-electron chi connectivity index (χ3n) is 10.2. The van der Waals surface area contributed by atoms with E-state index in [0.29, 0.717) is 12.8 Å². The normalized spacial score (nSPS) is 14.1. The van der Waals surface area contributed by atoms with E-state index in [4.69, 9.17) is 13.8 Å². The van der Waals surface area contributed by atoms with Crippen LogP contribution in [0.25, 0.3) is 0 Å². The summed E-state index contributed by atoms with van der Waals surface area (Å²) in [5, 5.41) is 12.7. The van der Waals surface area contributed by atoms with E-state index in [1.807, 2.05) is 0 Å². The third kappa shape index (κ3) is 51.5. The van der Waals surface area contributed by atoms with Crippen LogP contribution >= 0.6 is 7.82 Å². The predicted molar refractivity (Wildman–Crippen MR) is 275 cm³/mol. The van der Waals surface area contributed by atoms with Gasteiger partial charge in [0, 0.05) is 19.4 Å². The number of carbonyl (C=O) groups excluding carboxylic acids is 2. The van der Waals surface area contributed by atoms with Crippen LogP contribution in [0.1, 0.15) is 194 Å². The lowest BCUT2D eigenvalue weighted by Gasteiger charge is -2.15. The van der Waals surface area contributed by atoms with Gasteiger partial charge in [-0.3, -0.25) is 18.6 Å². The first-order valence-electron chi connectivity index (χ1n) is 25.4. The van der Waals surface area contributed by atoms with Gasteiger partial charge >= 0.3 is 13.8 Å². The van der Waals surface area contributed by atoms with Crippen LogP contribution in [-0.2, 0) is 27.9 Å². The lowest BCUT2D eigenvalue weighted by molar-refractivity contribution is -0.147. The minimum absolute atomic E-state index is 0.0675. The molecule has 1 amide bonds. The van der Waals surface area contributed by atoms with Crippen molar-refractivity contribution in [2.24, 2.45) is 0 Å².